The molecule has 0 saturated heterocycles. The maximum atomic E-state index is 13.4. The van der Waals surface area contributed by atoms with Crippen molar-refractivity contribution in [3.8, 4) is 0 Å². The van der Waals surface area contributed by atoms with E-state index in [0.717, 1.165) is 23.4 Å². The van der Waals surface area contributed by atoms with Crippen molar-refractivity contribution >= 4 is 22.7 Å². The zero-order chi connectivity index (χ0) is 14.3. The lowest BCUT2D eigenvalue weighted by atomic mass is 10.1. The van der Waals surface area contributed by atoms with E-state index in [1.165, 1.54) is 18.2 Å². The number of halogens is 1. The van der Waals surface area contributed by atoms with Crippen LogP contribution in [-0.2, 0) is 6.42 Å². The Balaban J connectivity index is 2.02. The van der Waals surface area contributed by atoms with Gasteiger partial charge >= 0.3 is 0 Å². The topological polar surface area (TPSA) is 72.4 Å². The van der Waals surface area contributed by atoms with Gasteiger partial charge in [-0.3, -0.25) is 10.1 Å². The maximum Gasteiger partial charge on any atom is 0.292 e. The molecule has 102 valence electrons. The molecule has 0 saturated carbocycles. The number of benzene rings is 2. The molecule has 0 spiro atoms. The van der Waals surface area contributed by atoms with Gasteiger partial charge < -0.3 is 10.6 Å². The van der Waals surface area contributed by atoms with E-state index in [1.54, 1.807) is 18.2 Å². The Kier molecular flexibility index (Phi) is 2.78. The number of nitrogens with zero attached hydrogens (tertiary/aromatic N) is 2. The fourth-order valence-electron chi connectivity index (χ4n) is 2.50. The molecule has 0 radical (unpaired) electrons. The van der Waals surface area contributed by atoms with Crippen LogP contribution in [0.1, 0.15) is 5.56 Å². The van der Waals surface area contributed by atoms with Crippen molar-refractivity contribution in [1.29, 1.82) is 0 Å². The summed E-state index contributed by atoms with van der Waals surface area (Å²) in [5.41, 5.74) is 8.27. The SMILES string of the molecule is Nc1cc(N2CCc3ccc(F)cc32)ccc1[N+](=O)[O-]. The van der Waals surface area contributed by atoms with E-state index in [4.69, 9.17) is 5.73 Å². The molecule has 1 aliphatic heterocycles. The van der Waals surface area contributed by atoms with Crippen molar-refractivity contribution in [3.63, 3.8) is 0 Å². The number of fused-ring (bicyclic) bond motifs is 1. The van der Waals surface area contributed by atoms with E-state index in [9.17, 15) is 14.5 Å². The van der Waals surface area contributed by atoms with Crippen molar-refractivity contribution < 1.29 is 9.31 Å². The molecule has 0 fully saturated rings. The van der Waals surface area contributed by atoms with Crippen LogP contribution in [0.15, 0.2) is 36.4 Å². The van der Waals surface area contributed by atoms with Crippen LogP contribution in [0.5, 0.6) is 0 Å². The monoisotopic (exact) mass is 273 g/mol. The second kappa shape index (κ2) is 4.48. The van der Waals surface area contributed by atoms with Crippen LogP contribution in [0, 0.1) is 15.9 Å². The first-order valence-corrected chi connectivity index (χ1v) is 6.16. The molecule has 0 unspecified atom stereocenters. The Hall–Kier alpha value is -2.63. The minimum atomic E-state index is -0.517. The van der Waals surface area contributed by atoms with Crippen molar-refractivity contribution in [2.24, 2.45) is 0 Å². The first kappa shape index (κ1) is 12.4. The summed E-state index contributed by atoms with van der Waals surface area (Å²) in [6.45, 7) is 0.704. The van der Waals surface area contributed by atoms with Crippen LogP contribution < -0.4 is 10.6 Å². The molecule has 3 rings (SSSR count). The van der Waals surface area contributed by atoms with Gasteiger partial charge in [0.2, 0.25) is 0 Å². The van der Waals surface area contributed by atoms with Gasteiger partial charge in [-0.1, -0.05) is 6.07 Å². The lowest BCUT2D eigenvalue weighted by molar-refractivity contribution is -0.383. The van der Waals surface area contributed by atoms with Gasteiger partial charge in [0.05, 0.1) is 4.92 Å². The maximum absolute atomic E-state index is 13.4. The Morgan fingerprint density at radius 2 is 2.05 bits per heavy atom. The molecule has 0 atom stereocenters. The molecule has 0 amide bonds. The molecule has 6 heteroatoms. The Morgan fingerprint density at radius 1 is 1.25 bits per heavy atom. The van der Waals surface area contributed by atoms with Crippen LogP contribution >= 0.6 is 0 Å². The highest BCUT2D eigenvalue weighted by Crippen LogP contribution is 2.37. The van der Waals surface area contributed by atoms with Crippen LogP contribution in [0.25, 0.3) is 0 Å². The standard InChI is InChI=1S/C14H12FN3O2/c15-10-2-1-9-5-6-17(14(9)7-10)11-3-4-13(18(19)20)12(16)8-11/h1-4,7-8H,5-6,16H2. The van der Waals surface area contributed by atoms with Crippen molar-refractivity contribution in [2.75, 3.05) is 17.2 Å². The molecule has 1 aliphatic rings. The first-order valence-electron chi connectivity index (χ1n) is 6.16. The van der Waals surface area contributed by atoms with Crippen LogP contribution in [0.2, 0.25) is 0 Å². The van der Waals surface area contributed by atoms with E-state index < -0.39 is 4.92 Å². The number of rotatable bonds is 2. The Labute approximate surface area is 114 Å². The molecule has 0 aliphatic carbocycles. The van der Waals surface area contributed by atoms with Crippen LogP contribution in [0.3, 0.4) is 0 Å². The van der Waals surface area contributed by atoms with Crippen LogP contribution in [0.4, 0.5) is 27.1 Å². The minimum Gasteiger partial charge on any atom is -0.393 e. The smallest absolute Gasteiger partial charge is 0.292 e. The molecule has 5 nitrogen and oxygen atoms in total. The second-order valence-electron chi connectivity index (χ2n) is 4.67. The third kappa shape index (κ3) is 1.95. The summed E-state index contributed by atoms with van der Waals surface area (Å²) in [4.78, 5) is 12.2. The second-order valence-corrected chi connectivity index (χ2v) is 4.67. The number of hydrogen-bond donors (Lipinski definition) is 1. The van der Waals surface area contributed by atoms with Gasteiger partial charge in [-0.15, -0.1) is 0 Å². The molecule has 2 N–H and O–H groups in total. The van der Waals surface area contributed by atoms with Gasteiger partial charge in [0.1, 0.15) is 11.5 Å². The summed E-state index contributed by atoms with van der Waals surface area (Å²) in [5.74, 6) is -0.300. The van der Waals surface area contributed by atoms with Gasteiger partial charge in [-0.05, 0) is 36.2 Å². The van der Waals surface area contributed by atoms with E-state index in [0.29, 0.717) is 6.54 Å². The molecule has 1 heterocycles. The largest absolute Gasteiger partial charge is 0.393 e. The number of nitro groups is 1. The average Bonchev–Trinajstić information content (AvgIpc) is 2.81. The fraction of sp³-hybridized carbons (Fsp3) is 0.143. The number of hydrogen-bond acceptors (Lipinski definition) is 4. The normalized spacial score (nSPS) is 13.3. The lowest BCUT2D eigenvalue weighted by Gasteiger charge is -2.19. The van der Waals surface area contributed by atoms with E-state index in [-0.39, 0.29) is 17.2 Å². The lowest BCUT2D eigenvalue weighted by Crippen LogP contribution is -2.13. The Bertz CT molecular complexity index is 703. The number of nitrogens with two attached hydrogens (primary N) is 1. The molecular formula is C14H12FN3O2. The van der Waals surface area contributed by atoms with Crippen molar-refractivity contribution in [2.45, 2.75) is 6.42 Å². The summed E-state index contributed by atoms with van der Waals surface area (Å²) in [5, 5.41) is 10.8. The van der Waals surface area contributed by atoms with E-state index >= 15 is 0 Å². The first-order chi connectivity index (χ1) is 9.56. The quantitative estimate of drug-likeness (QED) is 0.518. The molecular weight excluding hydrogens is 261 g/mol. The molecule has 20 heavy (non-hydrogen) atoms. The average molecular weight is 273 g/mol. The molecule has 0 bridgehead atoms. The highest BCUT2D eigenvalue weighted by atomic mass is 19.1. The predicted molar refractivity (Wildman–Crippen MR) is 74.6 cm³/mol. The molecule has 2 aromatic rings. The highest BCUT2D eigenvalue weighted by Gasteiger charge is 2.22. The summed E-state index contributed by atoms with van der Waals surface area (Å²) in [7, 11) is 0. The summed E-state index contributed by atoms with van der Waals surface area (Å²) >= 11 is 0. The fourth-order valence-corrected chi connectivity index (χ4v) is 2.50. The van der Waals surface area contributed by atoms with E-state index in [1.807, 2.05) is 4.90 Å². The summed E-state index contributed by atoms with van der Waals surface area (Å²) in [6, 6.07) is 9.24. The third-order valence-corrected chi connectivity index (χ3v) is 3.46. The number of anilines is 3. The zero-order valence-corrected chi connectivity index (χ0v) is 10.5. The highest BCUT2D eigenvalue weighted by molar-refractivity contribution is 5.74. The molecule has 0 aromatic heterocycles. The summed E-state index contributed by atoms with van der Waals surface area (Å²) < 4.78 is 13.4. The van der Waals surface area contributed by atoms with Gasteiger partial charge in [-0.25, -0.2) is 4.39 Å². The summed E-state index contributed by atoms with van der Waals surface area (Å²) in [6.07, 6.45) is 0.812. The number of nitro benzene ring substituents is 1. The van der Waals surface area contributed by atoms with Gasteiger partial charge in [0.25, 0.3) is 5.69 Å². The van der Waals surface area contributed by atoms with Crippen molar-refractivity contribution in [1.82, 2.24) is 0 Å². The number of nitrogen functional groups attached to an aromatic ring is 1. The van der Waals surface area contributed by atoms with Gasteiger partial charge in [0, 0.05) is 24.0 Å². The zero-order valence-electron chi connectivity index (χ0n) is 10.5. The third-order valence-electron chi connectivity index (χ3n) is 3.46. The van der Waals surface area contributed by atoms with Gasteiger partial charge in [-0.2, -0.15) is 0 Å². The van der Waals surface area contributed by atoms with Crippen molar-refractivity contribution in [3.05, 3.63) is 57.9 Å². The van der Waals surface area contributed by atoms with E-state index in [2.05, 4.69) is 0 Å². The van der Waals surface area contributed by atoms with Crippen LogP contribution in [-0.4, -0.2) is 11.5 Å². The minimum absolute atomic E-state index is 0.109. The predicted octanol–water partition coefficient (Wildman–Crippen LogP) is 3.01. The molecule has 2 aromatic carbocycles. The van der Waals surface area contributed by atoms with Gasteiger partial charge in [0.15, 0.2) is 0 Å². The Morgan fingerprint density at radius 3 is 2.75 bits per heavy atom.